The third-order valence-corrected chi connectivity index (χ3v) is 3.63. The number of rotatable bonds is 2. The summed E-state index contributed by atoms with van der Waals surface area (Å²) in [5, 5.41) is 20.4. The molecule has 0 unspecified atom stereocenters. The van der Waals surface area contributed by atoms with E-state index in [1.54, 1.807) is 4.90 Å². The Hall–Kier alpha value is -1.21. The fourth-order valence-electron chi connectivity index (χ4n) is 2.03. The molecule has 0 radical (unpaired) electrons. The molecule has 1 aromatic rings. The smallest absolute Gasteiger partial charge is 0.295 e. The Bertz CT molecular complexity index is 476. The third kappa shape index (κ3) is 2.62. The van der Waals surface area contributed by atoms with Gasteiger partial charge in [0.2, 0.25) is 0 Å². The summed E-state index contributed by atoms with van der Waals surface area (Å²) in [6.07, 6.45) is 0.766. The number of halogens is 2. The number of piperidine rings is 1. The van der Waals surface area contributed by atoms with Crippen LogP contribution >= 0.6 is 15.9 Å². The van der Waals surface area contributed by atoms with Gasteiger partial charge >= 0.3 is 0 Å². The zero-order valence-corrected chi connectivity index (χ0v) is 11.1. The van der Waals surface area contributed by atoms with Gasteiger partial charge in [0.05, 0.1) is 21.6 Å². The van der Waals surface area contributed by atoms with Crippen LogP contribution in [0.5, 0.6) is 0 Å². The molecule has 0 aliphatic carbocycles. The highest BCUT2D eigenvalue weighted by Crippen LogP contribution is 2.34. The predicted molar refractivity (Wildman–Crippen MR) is 68.2 cm³/mol. The molecule has 1 heterocycles. The van der Waals surface area contributed by atoms with E-state index in [0.29, 0.717) is 31.6 Å². The standard InChI is InChI=1S/C11H12BrFN2O3/c12-8-5-10(11(15(17)18)6-9(8)13)14-3-1-7(16)2-4-14/h5-7,16H,1-4H2. The fourth-order valence-corrected chi connectivity index (χ4v) is 2.36. The summed E-state index contributed by atoms with van der Waals surface area (Å²) >= 11 is 3.03. The van der Waals surface area contributed by atoms with Crippen LogP contribution in [0.1, 0.15) is 12.8 Å². The van der Waals surface area contributed by atoms with Crippen molar-refractivity contribution >= 4 is 27.3 Å². The van der Waals surface area contributed by atoms with Gasteiger partial charge in [-0.2, -0.15) is 0 Å². The molecule has 18 heavy (non-hydrogen) atoms. The quantitative estimate of drug-likeness (QED) is 0.672. The van der Waals surface area contributed by atoms with E-state index in [0.717, 1.165) is 6.07 Å². The highest BCUT2D eigenvalue weighted by molar-refractivity contribution is 9.10. The van der Waals surface area contributed by atoms with Crippen molar-refractivity contribution < 1.29 is 14.4 Å². The van der Waals surface area contributed by atoms with E-state index in [4.69, 9.17) is 0 Å². The lowest BCUT2D eigenvalue weighted by atomic mass is 10.1. The Morgan fingerprint density at radius 1 is 1.44 bits per heavy atom. The summed E-state index contributed by atoms with van der Waals surface area (Å²) in [6.45, 7) is 1.06. The molecule has 0 saturated carbocycles. The molecule has 1 aromatic carbocycles. The molecular formula is C11H12BrFN2O3. The van der Waals surface area contributed by atoms with Gasteiger partial charge in [0, 0.05) is 13.1 Å². The molecule has 7 heteroatoms. The largest absolute Gasteiger partial charge is 0.393 e. The van der Waals surface area contributed by atoms with Crippen molar-refractivity contribution in [1.82, 2.24) is 0 Å². The number of hydrogen-bond donors (Lipinski definition) is 1. The number of anilines is 1. The third-order valence-electron chi connectivity index (χ3n) is 3.02. The minimum atomic E-state index is -0.650. The van der Waals surface area contributed by atoms with Gasteiger partial charge in [0.25, 0.3) is 5.69 Å². The number of aliphatic hydroxyl groups is 1. The first-order valence-corrected chi connectivity index (χ1v) is 6.35. The second-order valence-corrected chi connectivity index (χ2v) is 5.08. The number of aliphatic hydroxyl groups excluding tert-OH is 1. The van der Waals surface area contributed by atoms with Crippen LogP contribution in [-0.2, 0) is 0 Å². The van der Waals surface area contributed by atoms with Crippen LogP contribution in [-0.4, -0.2) is 29.2 Å². The fraction of sp³-hybridized carbons (Fsp3) is 0.455. The van der Waals surface area contributed by atoms with Crippen molar-refractivity contribution in [3.05, 3.63) is 32.5 Å². The van der Waals surface area contributed by atoms with Crippen molar-refractivity contribution in [2.45, 2.75) is 18.9 Å². The topological polar surface area (TPSA) is 66.6 Å². The van der Waals surface area contributed by atoms with E-state index in [1.807, 2.05) is 0 Å². The average Bonchev–Trinajstić information content (AvgIpc) is 2.33. The molecule has 1 saturated heterocycles. The first-order valence-electron chi connectivity index (χ1n) is 5.55. The molecule has 1 N–H and O–H groups in total. The summed E-state index contributed by atoms with van der Waals surface area (Å²) in [5.41, 5.74) is 0.146. The van der Waals surface area contributed by atoms with Crippen molar-refractivity contribution in [3.63, 3.8) is 0 Å². The normalized spacial score (nSPS) is 16.9. The first kappa shape index (κ1) is 13.2. The molecule has 0 bridgehead atoms. The lowest BCUT2D eigenvalue weighted by molar-refractivity contribution is -0.384. The summed E-state index contributed by atoms with van der Waals surface area (Å²) < 4.78 is 13.5. The summed E-state index contributed by atoms with van der Waals surface area (Å²) in [7, 11) is 0. The minimum absolute atomic E-state index is 0.203. The number of nitro groups is 1. The van der Waals surface area contributed by atoms with Crippen LogP contribution in [0.2, 0.25) is 0 Å². The molecule has 0 spiro atoms. The zero-order chi connectivity index (χ0) is 13.3. The maximum atomic E-state index is 13.3. The average molecular weight is 319 g/mol. The molecular weight excluding hydrogens is 307 g/mol. The maximum absolute atomic E-state index is 13.3. The summed E-state index contributed by atoms with van der Waals surface area (Å²) in [6, 6.07) is 2.34. The number of nitro benzene ring substituents is 1. The van der Waals surface area contributed by atoms with Crippen LogP contribution in [0.3, 0.4) is 0 Å². The SMILES string of the molecule is O=[N+]([O-])c1cc(F)c(Br)cc1N1CCC(O)CC1. The Kier molecular flexibility index (Phi) is 3.82. The van der Waals surface area contributed by atoms with E-state index in [9.17, 15) is 19.6 Å². The molecule has 0 amide bonds. The Morgan fingerprint density at radius 3 is 2.61 bits per heavy atom. The predicted octanol–water partition coefficient (Wildman–Crippen LogP) is 2.46. The van der Waals surface area contributed by atoms with Gasteiger partial charge < -0.3 is 10.0 Å². The van der Waals surface area contributed by atoms with Crippen molar-refractivity contribution in [3.8, 4) is 0 Å². The molecule has 1 aliphatic heterocycles. The molecule has 5 nitrogen and oxygen atoms in total. The van der Waals surface area contributed by atoms with E-state index >= 15 is 0 Å². The Morgan fingerprint density at radius 2 is 2.06 bits per heavy atom. The van der Waals surface area contributed by atoms with E-state index in [1.165, 1.54) is 6.07 Å². The van der Waals surface area contributed by atoms with Gasteiger partial charge in [-0.25, -0.2) is 4.39 Å². The van der Waals surface area contributed by atoms with Crippen molar-refractivity contribution in [1.29, 1.82) is 0 Å². The Labute approximate surface area is 111 Å². The molecule has 0 atom stereocenters. The van der Waals surface area contributed by atoms with Gasteiger partial charge in [-0.1, -0.05) is 0 Å². The van der Waals surface area contributed by atoms with Crippen LogP contribution in [0.15, 0.2) is 16.6 Å². The van der Waals surface area contributed by atoms with Crippen LogP contribution < -0.4 is 4.90 Å². The number of nitrogens with zero attached hydrogens (tertiary/aromatic N) is 2. The molecule has 98 valence electrons. The second-order valence-electron chi connectivity index (χ2n) is 4.23. The monoisotopic (exact) mass is 318 g/mol. The summed E-state index contributed by atoms with van der Waals surface area (Å²) in [5.74, 6) is -0.650. The lowest BCUT2D eigenvalue weighted by Gasteiger charge is -2.31. The van der Waals surface area contributed by atoms with Gasteiger partial charge in [-0.3, -0.25) is 10.1 Å². The lowest BCUT2D eigenvalue weighted by Crippen LogP contribution is -2.36. The van der Waals surface area contributed by atoms with Crippen LogP contribution in [0, 0.1) is 15.9 Å². The van der Waals surface area contributed by atoms with Crippen LogP contribution in [0.4, 0.5) is 15.8 Å². The van der Waals surface area contributed by atoms with E-state index in [-0.39, 0.29) is 16.3 Å². The number of hydrogen-bond acceptors (Lipinski definition) is 4. The summed E-state index contributed by atoms with van der Waals surface area (Å²) in [4.78, 5) is 12.2. The van der Waals surface area contributed by atoms with Gasteiger partial charge in [-0.05, 0) is 34.8 Å². The minimum Gasteiger partial charge on any atom is -0.393 e. The molecule has 1 fully saturated rings. The van der Waals surface area contributed by atoms with Gasteiger partial charge in [-0.15, -0.1) is 0 Å². The molecule has 0 aromatic heterocycles. The van der Waals surface area contributed by atoms with Gasteiger partial charge in [0.1, 0.15) is 11.5 Å². The van der Waals surface area contributed by atoms with E-state index in [2.05, 4.69) is 15.9 Å². The highest BCUT2D eigenvalue weighted by Gasteiger charge is 2.25. The maximum Gasteiger partial charge on any atom is 0.295 e. The molecule has 1 aliphatic rings. The Balaban J connectivity index is 2.36. The molecule has 2 rings (SSSR count). The van der Waals surface area contributed by atoms with Crippen molar-refractivity contribution in [2.24, 2.45) is 0 Å². The van der Waals surface area contributed by atoms with Crippen LogP contribution in [0.25, 0.3) is 0 Å². The van der Waals surface area contributed by atoms with E-state index < -0.39 is 10.7 Å². The number of benzene rings is 1. The van der Waals surface area contributed by atoms with Gasteiger partial charge in [0.15, 0.2) is 0 Å². The first-order chi connectivity index (χ1) is 8.49. The second kappa shape index (κ2) is 5.19. The zero-order valence-electron chi connectivity index (χ0n) is 9.47. The van der Waals surface area contributed by atoms with Crippen molar-refractivity contribution in [2.75, 3.05) is 18.0 Å². The highest BCUT2D eigenvalue weighted by atomic mass is 79.9.